The number of non-ortho nitro benzene ring substituents is 1. The molecule has 0 fully saturated rings. The van der Waals surface area contributed by atoms with E-state index in [0.29, 0.717) is 16.9 Å². The number of anilines is 2. The number of rotatable bonds is 6. The smallest absolute Gasteiger partial charge is 0.275 e. The number of hydrogen-bond donors (Lipinski definition) is 2. The fraction of sp³-hybridized carbons (Fsp3) is 0.0800. The molecule has 0 radical (unpaired) electrons. The van der Waals surface area contributed by atoms with Gasteiger partial charge in [-0.25, -0.2) is 4.68 Å². The second-order valence-corrected chi connectivity index (χ2v) is 8.21. The van der Waals surface area contributed by atoms with E-state index < -0.39 is 21.8 Å². The number of nitro benzene ring substituents is 2. The van der Waals surface area contributed by atoms with E-state index in [1.54, 1.807) is 55.5 Å². The van der Waals surface area contributed by atoms with E-state index >= 15 is 0 Å². The lowest BCUT2D eigenvalue weighted by atomic mass is 9.93. The third kappa shape index (κ3) is 4.38. The first-order valence-electron chi connectivity index (χ1n) is 11.1. The van der Waals surface area contributed by atoms with Gasteiger partial charge in [0, 0.05) is 35.1 Å². The van der Waals surface area contributed by atoms with Crippen molar-refractivity contribution in [2.24, 2.45) is 0 Å². The first kappa shape index (κ1) is 23.4. The number of para-hydroxylation sites is 2. The summed E-state index contributed by atoms with van der Waals surface area (Å²) < 4.78 is 1.39. The van der Waals surface area contributed by atoms with E-state index in [4.69, 9.17) is 0 Å². The van der Waals surface area contributed by atoms with E-state index in [2.05, 4.69) is 20.7 Å². The van der Waals surface area contributed by atoms with Crippen molar-refractivity contribution >= 4 is 28.9 Å². The monoisotopic (exact) mass is 497 g/mol. The summed E-state index contributed by atoms with van der Waals surface area (Å²) in [6.07, 6.45) is 0. The maximum atomic E-state index is 13.5. The Morgan fingerprint density at radius 2 is 1.70 bits per heavy atom. The summed E-state index contributed by atoms with van der Waals surface area (Å²) in [7, 11) is 0. The van der Waals surface area contributed by atoms with Crippen molar-refractivity contribution in [1.82, 2.24) is 14.8 Å². The molecule has 37 heavy (non-hydrogen) atoms. The molecule has 0 bridgehead atoms. The van der Waals surface area contributed by atoms with Crippen molar-refractivity contribution in [1.29, 1.82) is 0 Å². The summed E-state index contributed by atoms with van der Waals surface area (Å²) in [4.78, 5) is 40.2. The number of hydrogen-bond acceptors (Lipinski definition) is 8. The number of benzene rings is 3. The molecule has 1 aromatic heterocycles. The first-order valence-corrected chi connectivity index (χ1v) is 11.1. The van der Waals surface area contributed by atoms with E-state index in [-0.39, 0.29) is 34.3 Å². The van der Waals surface area contributed by atoms with Crippen LogP contribution in [0.2, 0.25) is 0 Å². The van der Waals surface area contributed by atoms with Gasteiger partial charge in [0.05, 0.1) is 21.0 Å². The minimum Gasteiger partial charge on any atom is -0.328 e. The van der Waals surface area contributed by atoms with Crippen molar-refractivity contribution in [2.45, 2.75) is 13.0 Å². The van der Waals surface area contributed by atoms with Gasteiger partial charge in [-0.3, -0.25) is 25.0 Å². The molecule has 0 spiro atoms. The highest BCUT2D eigenvalue weighted by molar-refractivity contribution is 6.06. The molecule has 12 nitrogen and oxygen atoms in total. The lowest BCUT2D eigenvalue weighted by Gasteiger charge is -2.28. The SMILES string of the molecule is CC1=C(C(=O)Nc2ccccc2)C(c2ccccc2[N+](=O)[O-])n2nc(-c3cccc([N+](=O)[O-])c3)nc2N1. The van der Waals surface area contributed by atoms with Crippen LogP contribution in [0.15, 0.2) is 90.1 Å². The van der Waals surface area contributed by atoms with Gasteiger partial charge in [-0.05, 0) is 25.1 Å². The van der Waals surface area contributed by atoms with Crippen molar-refractivity contribution in [3.05, 3.63) is 116 Å². The molecular formula is C25H19N7O5. The Balaban J connectivity index is 1.66. The zero-order valence-corrected chi connectivity index (χ0v) is 19.4. The lowest BCUT2D eigenvalue weighted by Crippen LogP contribution is -2.31. The summed E-state index contributed by atoms with van der Waals surface area (Å²) in [5.41, 5.74) is 1.49. The minimum absolute atomic E-state index is 0.134. The van der Waals surface area contributed by atoms with Gasteiger partial charge in [-0.15, -0.1) is 5.10 Å². The second kappa shape index (κ2) is 9.34. The van der Waals surface area contributed by atoms with Crippen molar-refractivity contribution < 1.29 is 14.6 Å². The maximum Gasteiger partial charge on any atom is 0.275 e. The molecule has 1 aliphatic heterocycles. The van der Waals surface area contributed by atoms with Crippen molar-refractivity contribution in [3.8, 4) is 11.4 Å². The van der Waals surface area contributed by atoms with E-state index in [1.165, 1.54) is 28.9 Å². The number of carbonyl (C=O) groups excluding carboxylic acids is 1. The van der Waals surface area contributed by atoms with Crippen LogP contribution in [-0.4, -0.2) is 30.5 Å². The fourth-order valence-electron chi connectivity index (χ4n) is 4.22. The summed E-state index contributed by atoms with van der Waals surface area (Å²) in [5, 5.41) is 33.6. The average molecular weight is 497 g/mol. The Hall–Kier alpha value is -5.39. The molecule has 0 saturated carbocycles. The molecule has 5 rings (SSSR count). The Morgan fingerprint density at radius 1 is 0.973 bits per heavy atom. The molecule has 4 aromatic rings. The molecule has 1 atom stereocenters. The summed E-state index contributed by atoms with van der Waals surface area (Å²) in [5.74, 6) is -0.0804. The summed E-state index contributed by atoms with van der Waals surface area (Å²) in [6.45, 7) is 1.67. The maximum absolute atomic E-state index is 13.5. The third-order valence-electron chi connectivity index (χ3n) is 5.87. The minimum atomic E-state index is -0.999. The molecule has 0 saturated heterocycles. The van der Waals surface area contributed by atoms with Gasteiger partial charge in [0.25, 0.3) is 17.3 Å². The van der Waals surface area contributed by atoms with Gasteiger partial charge >= 0.3 is 0 Å². The Labute approximate surface area is 209 Å². The van der Waals surface area contributed by atoms with Crippen molar-refractivity contribution in [2.75, 3.05) is 10.6 Å². The number of nitrogens with zero attached hydrogens (tertiary/aromatic N) is 5. The van der Waals surface area contributed by atoms with Crippen LogP contribution in [0.5, 0.6) is 0 Å². The Morgan fingerprint density at radius 3 is 2.43 bits per heavy atom. The number of aromatic nitrogens is 3. The molecule has 1 amide bonds. The van der Waals surface area contributed by atoms with E-state index in [0.717, 1.165) is 0 Å². The largest absolute Gasteiger partial charge is 0.328 e. The average Bonchev–Trinajstić information content (AvgIpc) is 3.32. The Kier molecular flexibility index (Phi) is 5.89. The van der Waals surface area contributed by atoms with Gasteiger partial charge in [-0.1, -0.05) is 42.5 Å². The van der Waals surface area contributed by atoms with Crippen LogP contribution in [0.3, 0.4) is 0 Å². The molecule has 2 N–H and O–H groups in total. The third-order valence-corrected chi connectivity index (χ3v) is 5.87. The summed E-state index contributed by atoms with van der Waals surface area (Å²) >= 11 is 0. The van der Waals surface area contributed by atoms with E-state index in [1.807, 2.05) is 6.07 Å². The predicted molar refractivity (Wildman–Crippen MR) is 135 cm³/mol. The molecule has 1 unspecified atom stereocenters. The van der Waals surface area contributed by atoms with Gasteiger partial charge in [0.2, 0.25) is 5.95 Å². The zero-order chi connectivity index (χ0) is 26.1. The molecule has 184 valence electrons. The van der Waals surface area contributed by atoms with Crippen LogP contribution >= 0.6 is 0 Å². The molecular weight excluding hydrogens is 478 g/mol. The molecule has 2 heterocycles. The first-order chi connectivity index (χ1) is 17.8. The van der Waals surface area contributed by atoms with Crippen LogP contribution in [-0.2, 0) is 4.79 Å². The predicted octanol–water partition coefficient (Wildman–Crippen LogP) is 4.69. The molecule has 12 heteroatoms. The number of nitro groups is 2. The molecule has 3 aromatic carbocycles. The van der Waals surface area contributed by atoms with Gasteiger partial charge in [0.1, 0.15) is 6.04 Å². The van der Waals surface area contributed by atoms with Gasteiger partial charge < -0.3 is 10.6 Å². The highest BCUT2D eigenvalue weighted by Gasteiger charge is 2.38. The van der Waals surface area contributed by atoms with Crippen LogP contribution in [0.1, 0.15) is 18.5 Å². The fourth-order valence-corrected chi connectivity index (χ4v) is 4.22. The number of fused-ring (bicyclic) bond motifs is 1. The summed E-state index contributed by atoms with van der Waals surface area (Å²) in [6, 6.07) is 19.8. The molecule has 1 aliphatic rings. The molecule has 0 aliphatic carbocycles. The van der Waals surface area contributed by atoms with Gasteiger partial charge in [0.15, 0.2) is 5.82 Å². The lowest BCUT2D eigenvalue weighted by molar-refractivity contribution is -0.385. The highest BCUT2D eigenvalue weighted by Crippen LogP contribution is 2.40. The number of carbonyl (C=O) groups is 1. The van der Waals surface area contributed by atoms with Crippen molar-refractivity contribution in [3.63, 3.8) is 0 Å². The highest BCUT2D eigenvalue weighted by atomic mass is 16.6. The second-order valence-electron chi connectivity index (χ2n) is 8.21. The van der Waals surface area contributed by atoms with Crippen LogP contribution in [0.25, 0.3) is 11.4 Å². The quantitative estimate of drug-likeness (QED) is 0.287. The van der Waals surface area contributed by atoms with Gasteiger partial charge in [-0.2, -0.15) is 4.98 Å². The number of nitrogens with one attached hydrogen (secondary N) is 2. The topological polar surface area (TPSA) is 158 Å². The van der Waals surface area contributed by atoms with Crippen LogP contribution in [0, 0.1) is 20.2 Å². The number of amides is 1. The standard InChI is InChI=1S/C25H19N7O5/c1-15-21(24(33)27-17-9-3-2-4-10-17)22(19-12-5-6-13-20(19)32(36)37)30-25(26-15)28-23(29-30)16-8-7-11-18(14-16)31(34)35/h2-14,22H,1H3,(H,27,33)(H,26,28,29). The number of allylic oxidation sites excluding steroid dienone is 1. The zero-order valence-electron chi connectivity index (χ0n) is 19.4. The van der Waals surface area contributed by atoms with Crippen LogP contribution < -0.4 is 10.6 Å². The normalized spacial score (nSPS) is 14.5. The van der Waals surface area contributed by atoms with Crippen LogP contribution in [0.4, 0.5) is 23.0 Å². The Bertz CT molecular complexity index is 1580. The van der Waals surface area contributed by atoms with E-state index in [9.17, 15) is 25.0 Å².